The summed E-state index contributed by atoms with van der Waals surface area (Å²) in [7, 11) is 1.62. The van der Waals surface area contributed by atoms with Gasteiger partial charge in [-0.05, 0) is 37.6 Å². The molecular formula is C20H23F3N6O. The summed E-state index contributed by atoms with van der Waals surface area (Å²) in [4.78, 5) is 10.1. The zero-order chi connectivity index (χ0) is 21.7. The molecule has 0 amide bonds. The molecule has 0 saturated heterocycles. The summed E-state index contributed by atoms with van der Waals surface area (Å²) in [5.41, 5.74) is 6.91. The third-order valence-corrected chi connectivity index (χ3v) is 4.43. The Morgan fingerprint density at radius 1 is 1.20 bits per heavy atom. The number of nitrogens with zero attached hydrogens (tertiary/aromatic N) is 5. The SMILES string of the molecule is CCN(CC(F)F)c1cc(Oc2cc(F)ccc2-c2ncc(CCN)cn2)n(C)n1. The largest absolute Gasteiger partial charge is 0.438 e. The van der Waals surface area contributed by atoms with Crippen LogP contribution in [0.5, 0.6) is 11.6 Å². The number of aryl methyl sites for hydroxylation is 1. The van der Waals surface area contributed by atoms with Gasteiger partial charge in [-0.25, -0.2) is 27.8 Å². The molecule has 0 saturated carbocycles. The van der Waals surface area contributed by atoms with E-state index in [0.717, 1.165) is 5.56 Å². The highest BCUT2D eigenvalue weighted by Gasteiger charge is 2.18. The predicted molar refractivity (Wildman–Crippen MR) is 107 cm³/mol. The van der Waals surface area contributed by atoms with Crippen molar-refractivity contribution in [2.45, 2.75) is 19.8 Å². The zero-order valence-electron chi connectivity index (χ0n) is 16.7. The maximum atomic E-state index is 13.9. The first kappa shape index (κ1) is 21.6. The fraction of sp³-hybridized carbons (Fsp3) is 0.350. The van der Waals surface area contributed by atoms with Crippen molar-refractivity contribution in [1.82, 2.24) is 19.7 Å². The van der Waals surface area contributed by atoms with E-state index >= 15 is 0 Å². The molecule has 30 heavy (non-hydrogen) atoms. The van der Waals surface area contributed by atoms with E-state index in [2.05, 4.69) is 15.1 Å². The zero-order valence-corrected chi connectivity index (χ0v) is 16.7. The van der Waals surface area contributed by atoms with Crippen LogP contribution in [-0.4, -0.2) is 45.8 Å². The number of rotatable bonds is 9. The third kappa shape index (κ3) is 5.07. The lowest BCUT2D eigenvalue weighted by atomic mass is 10.1. The summed E-state index contributed by atoms with van der Waals surface area (Å²) in [6.45, 7) is 2.15. The maximum absolute atomic E-state index is 13.9. The average Bonchev–Trinajstić information content (AvgIpc) is 3.07. The predicted octanol–water partition coefficient (Wildman–Crippen LogP) is 3.40. The number of hydrogen-bond donors (Lipinski definition) is 1. The van der Waals surface area contributed by atoms with Gasteiger partial charge >= 0.3 is 0 Å². The molecule has 10 heteroatoms. The highest BCUT2D eigenvalue weighted by atomic mass is 19.3. The second kappa shape index (κ2) is 9.57. The van der Waals surface area contributed by atoms with E-state index in [9.17, 15) is 13.2 Å². The van der Waals surface area contributed by atoms with Crippen LogP contribution in [-0.2, 0) is 13.5 Å². The number of hydrogen-bond acceptors (Lipinski definition) is 6. The molecule has 0 fully saturated rings. The maximum Gasteiger partial charge on any atom is 0.255 e. The Kier molecular flexibility index (Phi) is 6.88. The number of ether oxygens (including phenoxy) is 1. The summed E-state index contributed by atoms with van der Waals surface area (Å²) in [5, 5.41) is 4.24. The molecule has 3 rings (SSSR count). The van der Waals surface area contributed by atoms with E-state index in [0.29, 0.717) is 36.7 Å². The molecule has 2 N–H and O–H groups in total. The molecule has 1 aromatic carbocycles. The average molecular weight is 420 g/mol. The lowest BCUT2D eigenvalue weighted by molar-refractivity contribution is 0.155. The molecule has 0 atom stereocenters. The fourth-order valence-electron chi connectivity index (χ4n) is 2.90. The van der Waals surface area contributed by atoms with Crippen LogP contribution in [0.25, 0.3) is 11.4 Å². The summed E-state index contributed by atoms with van der Waals surface area (Å²) < 4.78 is 46.8. The van der Waals surface area contributed by atoms with E-state index in [1.165, 1.54) is 33.8 Å². The van der Waals surface area contributed by atoms with Gasteiger partial charge in [0.25, 0.3) is 6.43 Å². The van der Waals surface area contributed by atoms with Crippen molar-refractivity contribution >= 4 is 5.82 Å². The highest BCUT2D eigenvalue weighted by molar-refractivity contribution is 5.64. The molecule has 0 radical (unpaired) electrons. The van der Waals surface area contributed by atoms with E-state index in [4.69, 9.17) is 10.5 Å². The van der Waals surface area contributed by atoms with Crippen LogP contribution in [0, 0.1) is 5.82 Å². The van der Waals surface area contributed by atoms with Crippen LogP contribution in [0.3, 0.4) is 0 Å². The lowest BCUT2D eigenvalue weighted by Crippen LogP contribution is -2.28. The highest BCUT2D eigenvalue weighted by Crippen LogP contribution is 2.33. The molecule has 3 aromatic rings. The van der Waals surface area contributed by atoms with Crippen molar-refractivity contribution in [1.29, 1.82) is 0 Å². The van der Waals surface area contributed by atoms with Crippen LogP contribution in [0.15, 0.2) is 36.7 Å². The second-order valence-corrected chi connectivity index (χ2v) is 6.59. The molecular weight excluding hydrogens is 397 g/mol. The van der Waals surface area contributed by atoms with E-state index in [1.807, 2.05) is 0 Å². The van der Waals surface area contributed by atoms with Crippen molar-refractivity contribution < 1.29 is 17.9 Å². The summed E-state index contributed by atoms with van der Waals surface area (Å²) >= 11 is 0. The van der Waals surface area contributed by atoms with Crippen LogP contribution in [0.4, 0.5) is 19.0 Å². The molecule has 7 nitrogen and oxygen atoms in total. The standard InChI is InChI=1S/C20H23F3N6O/c1-3-29(12-17(22)23)18-9-19(28(2)27-18)30-16-8-14(21)4-5-15(16)20-25-10-13(6-7-24)11-26-20/h4-5,8-11,17H,3,6-7,12,24H2,1-2H3. The Morgan fingerprint density at radius 3 is 2.57 bits per heavy atom. The van der Waals surface area contributed by atoms with Crippen LogP contribution in [0.2, 0.25) is 0 Å². The quantitative estimate of drug-likeness (QED) is 0.571. The Hall–Kier alpha value is -3.14. The number of nitrogens with two attached hydrogens (primary N) is 1. The monoisotopic (exact) mass is 420 g/mol. The van der Waals surface area contributed by atoms with Gasteiger partial charge in [-0.1, -0.05) is 0 Å². The van der Waals surface area contributed by atoms with Gasteiger partial charge in [0, 0.05) is 38.1 Å². The second-order valence-electron chi connectivity index (χ2n) is 6.59. The first-order valence-electron chi connectivity index (χ1n) is 9.47. The summed E-state index contributed by atoms with van der Waals surface area (Å²) in [5.74, 6) is 0.665. The minimum Gasteiger partial charge on any atom is -0.438 e. The van der Waals surface area contributed by atoms with E-state index in [-0.39, 0.29) is 11.6 Å². The van der Waals surface area contributed by atoms with E-state index < -0.39 is 18.8 Å². The van der Waals surface area contributed by atoms with Crippen LogP contribution in [0.1, 0.15) is 12.5 Å². The van der Waals surface area contributed by atoms with Crippen molar-refractivity contribution in [3.05, 3.63) is 48.0 Å². The minimum atomic E-state index is -2.49. The van der Waals surface area contributed by atoms with Crippen molar-refractivity contribution in [2.24, 2.45) is 12.8 Å². The van der Waals surface area contributed by atoms with Gasteiger partial charge in [-0.15, -0.1) is 0 Å². The topological polar surface area (TPSA) is 82.1 Å². The first-order valence-corrected chi connectivity index (χ1v) is 9.47. The number of anilines is 1. The van der Waals surface area contributed by atoms with E-state index in [1.54, 1.807) is 26.4 Å². The van der Waals surface area contributed by atoms with Gasteiger partial charge in [-0.2, -0.15) is 5.10 Å². The van der Waals surface area contributed by atoms with Gasteiger partial charge in [-0.3, -0.25) is 0 Å². The van der Waals surface area contributed by atoms with Gasteiger partial charge in [0.15, 0.2) is 11.6 Å². The van der Waals surface area contributed by atoms with Gasteiger partial charge in [0.2, 0.25) is 5.88 Å². The molecule has 0 unspecified atom stereocenters. The molecule has 0 aliphatic heterocycles. The smallest absolute Gasteiger partial charge is 0.255 e. The van der Waals surface area contributed by atoms with Crippen molar-refractivity contribution in [3.8, 4) is 23.0 Å². The minimum absolute atomic E-state index is 0.188. The number of benzene rings is 1. The van der Waals surface area contributed by atoms with Gasteiger partial charge in [0.1, 0.15) is 11.6 Å². The van der Waals surface area contributed by atoms with Crippen molar-refractivity contribution in [2.75, 3.05) is 24.5 Å². The molecule has 0 aliphatic carbocycles. The Bertz CT molecular complexity index is 977. The Morgan fingerprint density at radius 2 is 1.93 bits per heavy atom. The molecule has 2 aromatic heterocycles. The van der Waals surface area contributed by atoms with Crippen LogP contribution >= 0.6 is 0 Å². The number of aromatic nitrogens is 4. The lowest BCUT2D eigenvalue weighted by Gasteiger charge is -2.18. The Labute approximate surface area is 172 Å². The number of alkyl halides is 2. The molecule has 0 aliphatic rings. The van der Waals surface area contributed by atoms with Crippen LogP contribution < -0.4 is 15.4 Å². The summed E-state index contributed by atoms with van der Waals surface area (Å²) in [6.07, 6.45) is 1.48. The van der Waals surface area contributed by atoms with Gasteiger partial charge in [0.05, 0.1) is 12.1 Å². The first-order chi connectivity index (χ1) is 14.4. The molecule has 0 spiro atoms. The van der Waals surface area contributed by atoms with Crippen molar-refractivity contribution in [3.63, 3.8) is 0 Å². The third-order valence-electron chi connectivity index (χ3n) is 4.43. The molecule has 0 bridgehead atoms. The van der Waals surface area contributed by atoms with Gasteiger partial charge < -0.3 is 15.4 Å². The Balaban J connectivity index is 1.91. The summed E-state index contributed by atoms with van der Waals surface area (Å²) in [6, 6.07) is 5.56. The number of halogens is 3. The molecule has 160 valence electrons. The fourth-order valence-corrected chi connectivity index (χ4v) is 2.90. The molecule has 2 heterocycles. The normalized spacial score (nSPS) is 11.2.